The third kappa shape index (κ3) is 5.23. The quantitative estimate of drug-likeness (QED) is 0.470. The van der Waals surface area contributed by atoms with Crippen molar-refractivity contribution in [3.63, 3.8) is 0 Å². The fourth-order valence-corrected chi connectivity index (χ4v) is 4.06. The van der Waals surface area contributed by atoms with E-state index in [0.717, 1.165) is 6.07 Å². The molecule has 0 saturated carbocycles. The third-order valence-electron chi connectivity index (χ3n) is 5.18. The first-order valence-corrected chi connectivity index (χ1v) is 10.7. The van der Waals surface area contributed by atoms with Crippen LogP contribution in [0.25, 0.3) is 0 Å². The van der Waals surface area contributed by atoms with Crippen LogP contribution in [0.1, 0.15) is 39.6 Å². The number of anilines is 1. The largest absolute Gasteiger partial charge is 0.443 e. The van der Waals surface area contributed by atoms with Gasteiger partial charge in [-0.25, -0.2) is 13.6 Å². The molecule has 1 aliphatic rings. The molecule has 6 nitrogen and oxygen atoms in total. The van der Waals surface area contributed by atoms with Crippen molar-refractivity contribution in [2.45, 2.75) is 25.5 Å². The Morgan fingerprint density at radius 1 is 1.09 bits per heavy atom. The van der Waals surface area contributed by atoms with Crippen molar-refractivity contribution in [3.05, 3.63) is 92.7 Å². The van der Waals surface area contributed by atoms with Crippen LogP contribution in [0.5, 0.6) is 0 Å². The Morgan fingerprint density at radius 3 is 2.64 bits per heavy atom. The number of carbonyl (C=O) groups excluding carboxylic acids is 2. The Bertz CT molecular complexity index is 1240. The lowest BCUT2D eigenvalue weighted by atomic mass is 10.0. The number of halogens is 4. The van der Waals surface area contributed by atoms with Crippen molar-refractivity contribution in [2.24, 2.45) is 0 Å². The molecule has 1 aliphatic carbocycles. The highest BCUT2D eigenvalue weighted by Gasteiger charge is 2.31. The second-order valence-electron chi connectivity index (χ2n) is 7.35. The van der Waals surface area contributed by atoms with E-state index in [2.05, 4.69) is 15.6 Å². The predicted molar refractivity (Wildman–Crippen MR) is 119 cm³/mol. The second kappa shape index (κ2) is 9.72. The molecule has 4 rings (SSSR count). The number of fused-ring (bicyclic) bond motifs is 1. The van der Waals surface area contributed by atoms with Gasteiger partial charge in [-0.3, -0.25) is 9.78 Å². The summed E-state index contributed by atoms with van der Waals surface area (Å²) in [5.74, 6) is -1.64. The molecule has 0 fully saturated rings. The Kier molecular flexibility index (Phi) is 6.76. The van der Waals surface area contributed by atoms with Gasteiger partial charge in [-0.15, -0.1) is 0 Å². The van der Waals surface area contributed by atoms with Crippen molar-refractivity contribution in [1.82, 2.24) is 10.3 Å². The highest BCUT2D eigenvalue weighted by atomic mass is 35.5. The number of aromatic nitrogens is 1. The number of alkyl carbamates (subject to hydrolysis) is 1. The molecule has 0 spiro atoms. The van der Waals surface area contributed by atoms with E-state index in [1.54, 1.807) is 12.1 Å². The Balaban J connectivity index is 1.46. The summed E-state index contributed by atoms with van der Waals surface area (Å²) in [7, 11) is 0. The highest BCUT2D eigenvalue weighted by Crippen LogP contribution is 2.36. The molecule has 170 valence electrons. The van der Waals surface area contributed by atoms with Gasteiger partial charge >= 0.3 is 6.09 Å². The fourth-order valence-electron chi connectivity index (χ4n) is 3.70. The van der Waals surface area contributed by atoms with E-state index in [0.29, 0.717) is 34.8 Å². The number of rotatable bonds is 5. The van der Waals surface area contributed by atoms with Crippen molar-refractivity contribution in [2.75, 3.05) is 5.32 Å². The van der Waals surface area contributed by atoms with Crippen LogP contribution in [0.15, 0.2) is 48.7 Å². The molecule has 0 aliphatic heterocycles. The monoisotopic (exact) mass is 491 g/mol. The van der Waals surface area contributed by atoms with Crippen LogP contribution in [0.3, 0.4) is 0 Å². The zero-order chi connectivity index (χ0) is 23.5. The van der Waals surface area contributed by atoms with Crippen LogP contribution in [0, 0.1) is 11.6 Å². The topological polar surface area (TPSA) is 80.3 Å². The number of hydrogen-bond acceptors (Lipinski definition) is 4. The first-order chi connectivity index (χ1) is 15.8. The number of pyridine rings is 1. The van der Waals surface area contributed by atoms with Gasteiger partial charge in [0.1, 0.15) is 18.2 Å². The summed E-state index contributed by atoms with van der Waals surface area (Å²) in [5.41, 5.74) is 1.75. The zero-order valence-electron chi connectivity index (χ0n) is 17.0. The lowest BCUT2D eigenvalue weighted by Gasteiger charge is -2.16. The molecule has 2 amide bonds. The van der Waals surface area contributed by atoms with E-state index in [-0.39, 0.29) is 22.8 Å². The van der Waals surface area contributed by atoms with Crippen molar-refractivity contribution >= 4 is 40.9 Å². The first-order valence-electron chi connectivity index (χ1n) is 9.93. The molecular weight excluding hydrogens is 475 g/mol. The van der Waals surface area contributed by atoms with Gasteiger partial charge in [0.15, 0.2) is 0 Å². The van der Waals surface area contributed by atoms with Crippen LogP contribution in [-0.4, -0.2) is 17.0 Å². The number of amides is 2. The molecule has 1 atom stereocenters. The van der Waals surface area contributed by atoms with Crippen molar-refractivity contribution in [3.8, 4) is 0 Å². The molecule has 10 heteroatoms. The summed E-state index contributed by atoms with van der Waals surface area (Å²) in [5, 5.41) is 5.60. The van der Waals surface area contributed by atoms with E-state index in [1.165, 1.54) is 30.5 Å². The maximum absolute atomic E-state index is 14.6. The SMILES string of the molecule is O=C(N[C@H]1CCc2c(C(=O)Nc3ccc(F)c(Cl)c3)ccc(F)c21)OCc1cc(Cl)ccn1. The Morgan fingerprint density at radius 2 is 1.88 bits per heavy atom. The molecule has 33 heavy (non-hydrogen) atoms. The maximum atomic E-state index is 14.6. The van der Waals surface area contributed by atoms with Crippen molar-refractivity contribution < 1.29 is 23.1 Å². The maximum Gasteiger partial charge on any atom is 0.408 e. The minimum absolute atomic E-state index is 0.100. The van der Waals surface area contributed by atoms with Crippen LogP contribution in [-0.2, 0) is 17.8 Å². The summed E-state index contributed by atoms with van der Waals surface area (Å²) < 4.78 is 33.2. The average molecular weight is 492 g/mol. The Hall–Kier alpha value is -3.23. The molecule has 2 N–H and O–H groups in total. The highest BCUT2D eigenvalue weighted by molar-refractivity contribution is 6.31. The van der Waals surface area contributed by atoms with E-state index >= 15 is 0 Å². The summed E-state index contributed by atoms with van der Waals surface area (Å²) in [6.45, 7) is -0.100. The van der Waals surface area contributed by atoms with E-state index in [4.69, 9.17) is 27.9 Å². The third-order valence-corrected chi connectivity index (χ3v) is 5.70. The Labute approximate surface area is 197 Å². The van der Waals surface area contributed by atoms with Crippen LogP contribution >= 0.6 is 23.2 Å². The van der Waals surface area contributed by atoms with E-state index in [9.17, 15) is 18.4 Å². The molecular formula is C23H17Cl2F2N3O3. The molecule has 0 radical (unpaired) electrons. The van der Waals surface area contributed by atoms with Gasteiger partial charge in [0, 0.05) is 28.0 Å². The number of nitrogens with zero attached hydrogens (tertiary/aromatic N) is 1. The number of benzene rings is 2. The fraction of sp³-hybridized carbons (Fsp3) is 0.174. The summed E-state index contributed by atoms with van der Waals surface area (Å²) >= 11 is 11.6. The smallest absolute Gasteiger partial charge is 0.408 e. The molecule has 2 aromatic carbocycles. The zero-order valence-corrected chi connectivity index (χ0v) is 18.5. The standard InChI is InChI=1S/C23H17Cl2F2N3O3/c24-12-7-8-28-14(9-12)11-33-23(32)30-20-6-3-15-16(2-5-19(27)21(15)20)22(31)29-13-1-4-18(26)17(25)10-13/h1-2,4-5,7-10,20H,3,6,11H2,(H,29,31)(H,30,32)/t20-/m0/s1. The summed E-state index contributed by atoms with van der Waals surface area (Å²) in [4.78, 5) is 29.1. The first kappa shape index (κ1) is 22.9. The van der Waals surface area contributed by atoms with Crippen molar-refractivity contribution in [1.29, 1.82) is 0 Å². The van der Waals surface area contributed by atoms with E-state index < -0.39 is 29.7 Å². The molecule has 1 heterocycles. The number of ether oxygens (including phenoxy) is 1. The molecule has 3 aromatic rings. The van der Waals surface area contributed by atoms with Gasteiger partial charge in [0.2, 0.25) is 0 Å². The number of nitrogens with one attached hydrogen (secondary N) is 2. The normalized spacial score (nSPS) is 14.5. The molecule has 0 bridgehead atoms. The minimum atomic E-state index is -0.746. The van der Waals surface area contributed by atoms with Gasteiger partial charge in [-0.2, -0.15) is 0 Å². The van der Waals surface area contributed by atoms with Crippen LogP contribution in [0.2, 0.25) is 10.0 Å². The van der Waals surface area contributed by atoms with Gasteiger partial charge in [0.25, 0.3) is 5.91 Å². The minimum Gasteiger partial charge on any atom is -0.443 e. The van der Waals surface area contributed by atoms with Gasteiger partial charge in [0.05, 0.1) is 16.8 Å². The number of hydrogen-bond donors (Lipinski definition) is 2. The molecule has 0 unspecified atom stereocenters. The molecule has 1 aromatic heterocycles. The predicted octanol–water partition coefficient (Wildman–Crippen LogP) is 5.83. The lowest BCUT2D eigenvalue weighted by molar-refractivity contribution is 0.102. The second-order valence-corrected chi connectivity index (χ2v) is 8.19. The average Bonchev–Trinajstić information content (AvgIpc) is 3.19. The lowest BCUT2D eigenvalue weighted by Crippen LogP contribution is -2.28. The number of carbonyl (C=O) groups is 2. The van der Waals surface area contributed by atoms with Gasteiger partial charge < -0.3 is 15.4 Å². The van der Waals surface area contributed by atoms with Gasteiger partial charge in [-0.1, -0.05) is 23.2 Å². The summed E-state index contributed by atoms with van der Waals surface area (Å²) in [6.07, 6.45) is 1.52. The van der Waals surface area contributed by atoms with Gasteiger partial charge in [-0.05, 0) is 60.9 Å². The summed E-state index contributed by atoms with van der Waals surface area (Å²) in [6, 6.07) is 8.85. The van der Waals surface area contributed by atoms with Crippen LogP contribution in [0.4, 0.5) is 19.3 Å². The molecule has 0 saturated heterocycles. The van der Waals surface area contributed by atoms with Crippen LogP contribution < -0.4 is 10.6 Å². The van der Waals surface area contributed by atoms with E-state index in [1.807, 2.05) is 0 Å².